The number of anilines is 3. The Morgan fingerprint density at radius 1 is 0.218 bits per heavy atom. The van der Waals surface area contributed by atoms with Crippen molar-refractivity contribution in [1.82, 2.24) is 0 Å². The Balaban J connectivity index is 1.07. The van der Waals surface area contributed by atoms with E-state index >= 15 is 0 Å². The van der Waals surface area contributed by atoms with Gasteiger partial charge in [-0.05, 0) is 135 Å². The van der Waals surface area contributed by atoms with Gasteiger partial charge in [0.25, 0.3) is 0 Å². The van der Waals surface area contributed by atoms with Crippen LogP contribution in [0.5, 0.6) is 0 Å². The highest BCUT2D eigenvalue weighted by molar-refractivity contribution is 6.15. The van der Waals surface area contributed by atoms with Crippen LogP contribution in [0.4, 0.5) is 17.1 Å². The minimum atomic E-state index is 1.11. The molecule has 1 nitrogen and oxygen atoms in total. The van der Waals surface area contributed by atoms with Gasteiger partial charge in [0.2, 0.25) is 0 Å². The fourth-order valence-corrected chi connectivity index (χ4v) is 8.74. The van der Waals surface area contributed by atoms with Crippen molar-refractivity contribution >= 4 is 81.7 Å². The van der Waals surface area contributed by atoms with Gasteiger partial charge in [-0.3, -0.25) is 0 Å². The highest BCUT2D eigenvalue weighted by Crippen LogP contribution is 2.42. The SMILES string of the molecule is c1ccc2c(c1)ccc1ccc(N(c3ccc(-c4cc5ccccc5c5ccccc45)cc3)c3ccc(-c4cc5ccccc5c5ccccc45)cc3)cc12. The van der Waals surface area contributed by atoms with Crippen LogP contribution in [0.1, 0.15) is 0 Å². The molecule has 55 heavy (non-hydrogen) atoms. The van der Waals surface area contributed by atoms with E-state index < -0.39 is 0 Å². The van der Waals surface area contributed by atoms with Crippen molar-refractivity contribution in [3.63, 3.8) is 0 Å². The molecule has 0 unspecified atom stereocenters. The monoisotopic (exact) mass is 697 g/mol. The molecular weight excluding hydrogens is 663 g/mol. The van der Waals surface area contributed by atoms with Gasteiger partial charge in [0.1, 0.15) is 0 Å². The number of fused-ring (bicyclic) bond motifs is 9. The minimum absolute atomic E-state index is 1.11. The maximum atomic E-state index is 2.39. The molecule has 11 aromatic carbocycles. The fraction of sp³-hybridized carbons (Fsp3) is 0. The molecule has 11 aromatic rings. The Hall–Kier alpha value is -7.22. The zero-order chi connectivity index (χ0) is 36.3. The van der Waals surface area contributed by atoms with Gasteiger partial charge in [-0.1, -0.05) is 164 Å². The third-order valence-corrected chi connectivity index (χ3v) is 11.4. The van der Waals surface area contributed by atoms with Crippen molar-refractivity contribution in [2.75, 3.05) is 4.90 Å². The van der Waals surface area contributed by atoms with Crippen molar-refractivity contribution in [2.24, 2.45) is 0 Å². The summed E-state index contributed by atoms with van der Waals surface area (Å²) >= 11 is 0. The minimum Gasteiger partial charge on any atom is -0.310 e. The van der Waals surface area contributed by atoms with Gasteiger partial charge in [0, 0.05) is 17.1 Å². The molecule has 0 N–H and O–H groups in total. The number of benzene rings is 11. The van der Waals surface area contributed by atoms with Gasteiger partial charge >= 0.3 is 0 Å². The van der Waals surface area contributed by atoms with Crippen molar-refractivity contribution in [3.05, 3.63) is 212 Å². The normalized spacial score (nSPS) is 11.6. The lowest BCUT2D eigenvalue weighted by molar-refractivity contribution is 1.29. The quantitative estimate of drug-likeness (QED) is 0.162. The van der Waals surface area contributed by atoms with Gasteiger partial charge in [-0.15, -0.1) is 0 Å². The molecule has 0 atom stereocenters. The van der Waals surface area contributed by atoms with E-state index in [1.54, 1.807) is 0 Å². The summed E-state index contributed by atoms with van der Waals surface area (Å²) in [6.07, 6.45) is 0. The Morgan fingerprint density at radius 2 is 0.564 bits per heavy atom. The van der Waals surface area contributed by atoms with Gasteiger partial charge in [-0.25, -0.2) is 0 Å². The van der Waals surface area contributed by atoms with Crippen LogP contribution < -0.4 is 4.90 Å². The molecule has 0 amide bonds. The first-order valence-corrected chi connectivity index (χ1v) is 19.0. The van der Waals surface area contributed by atoms with Crippen LogP contribution in [0, 0.1) is 0 Å². The summed E-state index contributed by atoms with van der Waals surface area (Å²) in [6.45, 7) is 0. The average molecular weight is 698 g/mol. The summed E-state index contributed by atoms with van der Waals surface area (Å²) in [7, 11) is 0. The first kappa shape index (κ1) is 31.3. The van der Waals surface area contributed by atoms with Crippen molar-refractivity contribution in [3.8, 4) is 22.3 Å². The molecule has 11 rings (SSSR count). The molecule has 256 valence electrons. The lowest BCUT2D eigenvalue weighted by atomic mass is 9.93. The molecule has 0 radical (unpaired) electrons. The molecule has 0 bridgehead atoms. The van der Waals surface area contributed by atoms with Gasteiger partial charge in [-0.2, -0.15) is 0 Å². The molecule has 0 fully saturated rings. The maximum Gasteiger partial charge on any atom is 0.0468 e. The van der Waals surface area contributed by atoms with Crippen LogP contribution in [0.15, 0.2) is 212 Å². The first-order valence-electron chi connectivity index (χ1n) is 19.0. The summed E-state index contributed by atoms with van der Waals surface area (Å²) in [6, 6.07) is 77.9. The van der Waals surface area contributed by atoms with Gasteiger partial charge < -0.3 is 4.90 Å². The third kappa shape index (κ3) is 5.24. The fourth-order valence-electron chi connectivity index (χ4n) is 8.74. The molecule has 0 aliphatic carbocycles. The summed E-state index contributed by atoms with van der Waals surface area (Å²) in [5, 5.41) is 15.2. The predicted octanol–water partition coefficient (Wildman–Crippen LogP) is 15.4. The largest absolute Gasteiger partial charge is 0.310 e. The molecule has 0 aliphatic heterocycles. The number of hydrogen-bond acceptors (Lipinski definition) is 1. The lowest BCUT2D eigenvalue weighted by Crippen LogP contribution is -2.10. The first-order chi connectivity index (χ1) is 27.3. The van der Waals surface area contributed by atoms with Crippen LogP contribution in [-0.2, 0) is 0 Å². The van der Waals surface area contributed by atoms with E-state index in [0.717, 1.165) is 17.1 Å². The number of rotatable bonds is 5. The third-order valence-electron chi connectivity index (χ3n) is 11.4. The van der Waals surface area contributed by atoms with E-state index in [0.29, 0.717) is 0 Å². The van der Waals surface area contributed by atoms with Gasteiger partial charge in [0.15, 0.2) is 0 Å². The van der Waals surface area contributed by atoms with E-state index in [2.05, 4.69) is 217 Å². The second-order valence-corrected chi connectivity index (χ2v) is 14.5. The number of hydrogen-bond donors (Lipinski definition) is 0. The molecule has 0 spiro atoms. The summed E-state index contributed by atoms with van der Waals surface area (Å²) in [5.74, 6) is 0. The summed E-state index contributed by atoms with van der Waals surface area (Å²) in [5.41, 5.74) is 8.24. The van der Waals surface area contributed by atoms with Crippen molar-refractivity contribution in [2.45, 2.75) is 0 Å². The Bertz CT molecular complexity index is 3090. The molecule has 0 saturated heterocycles. The highest BCUT2D eigenvalue weighted by Gasteiger charge is 2.17. The second-order valence-electron chi connectivity index (χ2n) is 14.5. The zero-order valence-corrected chi connectivity index (χ0v) is 30.2. The van der Waals surface area contributed by atoms with E-state index in [9.17, 15) is 0 Å². The highest BCUT2D eigenvalue weighted by atomic mass is 15.1. The average Bonchev–Trinajstić information content (AvgIpc) is 3.26. The van der Waals surface area contributed by atoms with E-state index in [4.69, 9.17) is 0 Å². The molecule has 0 heterocycles. The van der Waals surface area contributed by atoms with E-state index in [1.165, 1.54) is 86.9 Å². The van der Waals surface area contributed by atoms with Gasteiger partial charge in [0.05, 0.1) is 0 Å². The van der Waals surface area contributed by atoms with E-state index in [-0.39, 0.29) is 0 Å². The molecule has 0 aromatic heterocycles. The maximum absolute atomic E-state index is 2.39. The zero-order valence-electron chi connectivity index (χ0n) is 30.2. The Kier molecular flexibility index (Phi) is 7.25. The Labute approximate surface area is 320 Å². The van der Waals surface area contributed by atoms with Crippen LogP contribution in [-0.4, -0.2) is 0 Å². The van der Waals surface area contributed by atoms with Crippen molar-refractivity contribution in [1.29, 1.82) is 0 Å². The molecule has 0 aliphatic rings. The molecule has 1 heteroatoms. The number of nitrogens with zero attached hydrogens (tertiary/aromatic N) is 1. The second kappa shape index (κ2) is 12.7. The Morgan fingerprint density at radius 3 is 1.05 bits per heavy atom. The van der Waals surface area contributed by atoms with Crippen LogP contribution in [0.3, 0.4) is 0 Å². The van der Waals surface area contributed by atoms with Crippen LogP contribution >= 0.6 is 0 Å². The van der Waals surface area contributed by atoms with Crippen molar-refractivity contribution < 1.29 is 0 Å². The smallest absolute Gasteiger partial charge is 0.0468 e. The standard InChI is InChI=1S/C54H35N/c1-4-14-45-36(11-1)21-22-37-27-32-44(35-54(37)45)55(42-28-23-38(24-29-42)52-33-40-12-2-5-15-46(40)48-17-7-9-19-50(48)52)43-30-25-39(26-31-43)53-34-41-13-3-6-16-47(41)49-18-8-10-20-51(49)53/h1-35H. The predicted molar refractivity (Wildman–Crippen MR) is 237 cm³/mol. The summed E-state index contributed by atoms with van der Waals surface area (Å²) < 4.78 is 0. The van der Waals surface area contributed by atoms with Crippen LogP contribution in [0.2, 0.25) is 0 Å². The van der Waals surface area contributed by atoms with Crippen LogP contribution in [0.25, 0.3) is 86.9 Å². The lowest BCUT2D eigenvalue weighted by Gasteiger charge is -2.26. The molecule has 0 saturated carbocycles. The summed E-state index contributed by atoms with van der Waals surface area (Å²) in [4.78, 5) is 2.39. The van der Waals surface area contributed by atoms with E-state index in [1.807, 2.05) is 0 Å². The molecular formula is C54H35N. The topological polar surface area (TPSA) is 3.24 Å².